The van der Waals surface area contributed by atoms with Gasteiger partial charge in [-0.05, 0) is 63.4 Å². The highest BCUT2D eigenvalue weighted by Gasteiger charge is 2.76. The number of hydrogen-bond acceptors (Lipinski definition) is 6. The predicted octanol–water partition coefficient (Wildman–Crippen LogP) is 4.85. The van der Waals surface area contributed by atoms with E-state index < -0.39 is 46.6 Å². The van der Waals surface area contributed by atoms with Crippen LogP contribution >= 0.6 is 0 Å². The van der Waals surface area contributed by atoms with Crippen molar-refractivity contribution in [1.29, 1.82) is 0 Å². The predicted molar refractivity (Wildman–Crippen MR) is 168 cm³/mol. The molecule has 0 radical (unpaired) electrons. The molecule has 0 saturated carbocycles. The molecule has 2 fully saturated rings. The van der Waals surface area contributed by atoms with E-state index in [1.54, 1.807) is 4.90 Å². The molecule has 4 aliphatic rings. The van der Waals surface area contributed by atoms with Crippen molar-refractivity contribution in [3.63, 3.8) is 0 Å². The summed E-state index contributed by atoms with van der Waals surface area (Å²) in [5, 5.41) is 10.8. The molecule has 1 N–H and O–H groups in total. The third kappa shape index (κ3) is 5.64. The van der Waals surface area contributed by atoms with Gasteiger partial charge in [0, 0.05) is 12.1 Å². The van der Waals surface area contributed by atoms with Crippen molar-refractivity contribution in [3.05, 3.63) is 60.2 Å². The fourth-order valence-electron chi connectivity index (χ4n) is 8.45. The lowest BCUT2D eigenvalue weighted by Crippen LogP contribution is -2.62. The van der Waals surface area contributed by atoms with Crippen LogP contribution < -0.4 is 0 Å². The number of ether oxygens (including phenoxy) is 2. The Morgan fingerprint density at radius 3 is 2.36 bits per heavy atom. The van der Waals surface area contributed by atoms with Crippen molar-refractivity contribution in [2.75, 3.05) is 19.8 Å². The van der Waals surface area contributed by atoms with Crippen LogP contribution in [-0.2, 0) is 30.3 Å². The van der Waals surface area contributed by atoms with E-state index in [-0.39, 0.29) is 30.4 Å². The lowest BCUT2D eigenvalue weighted by atomic mass is 9.73. The van der Waals surface area contributed by atoms with Crippen molar-refractivity contribution >= 4 is 17.8 Å². The Balaban J connectivity index is 1.68. The van der Waals surface area contributed by atoms with E-state index in [1.165, 1.54) is 0 Å². The average Bonchev–Trinajstić information content (AvgIpc) is 3.32. The maximum atomic E-state index is 15.0. The molecule has 1 aromatic carbocycles. The second kappa shape index (κ2) is 12.1. The van der Waals surface area contributed by atoms with E-state index >= 15 is 4.79 Å². The van der Waals surface area contributed by atoms with Gasteiger partial charge in [-0.25, -0.2) is 0 Å². The smallest absolute Gasteiger partial charge is 0.313 e. The van der Waals surface area contributed by atoms with Gasteiger partial charge in [0.05, 0.1) is 25.2 Å². The highest BCUT2D eigenvalue weighted by Crippen LogP contribution is 2.59. The Hall–Kier alpha value is -2.97. The minimum Gasteiger partial charge on any atom is -0.465 e. The summed E-state index contributed by atoms with van der Waals surface area (Å²) in [5.41, 5.74) is -2.16. The van der Waals surface area contributed by atoms with E-state index in [4.69, 9.17) is 9.47 Å². The number of nitrogens with zero attached hydrogens (tertiary/aromatic N) is 2. The summed E-state index contributed by atoms with van der Waals surface area (Å²) in [4.78, 5) is 47.3. The van der Waals surface area contributed by atoms with Crippen LogP contribution in [-0.4, -0.2) is 81.3 Å². The van der Waals surface area contributed by atoms with E-state index in [2.05, 4.69) is 40.7 Å². The number of hydrogen-bond donors (Lipinski definition) is 1. The molecular weight excluding hydrogens is 556 g/mol. The van der Waals surface area contributed by atoms with Crippen LogP contribution in [0.1, 0.15) is 79.2 Å². The molecule has 5 rings (SSSR count). The molecule has 2 amide bonds. The molecule has 1 spiro atoms. The summed E-state index contributed by atoms with van der Waals surface area (Å²) in [6.07, 6.45) is 11.8. The van der Waals surface area contributed by atoms with Crippen LogP contribution in [0, 0.1) is 17.3 Å². The second-order valence-corrected chi connectivity index (χ2v) is 14.9. The SMILES string of the molecule is CC[C@]12/C=C\CCCCOC(=O)[C@H]1[C@H]1C(=O)N([C@@H](CO)Cc3ccccc3)C3C(=O)N(C(C)(C)CC(C)(C)C)CC=C[C@@]31O2. The van der Waals surface area contributed by atoms with Crippen molar-refractivity contribution < 1.29 is 29.0 Å². The van der Waals surface area contributed by atoms with Crippen LogP contribution in [0.15, 0.2) is 54.6 Å². The van der Waals surface area contributed by atoms with Gasteiger partial charge in [-0.3, -0.25) is 14.4 Å². The molecule has 0 aromatic heterocycles. The van der Waals surface area contributed by atoms with Gasteiger partial charge >= 0.3 is 5.97 Å². The number of aliphatic hydroxyl groups is 1. The molecule has 44 heavy (non-hydrogen) atoms. The number of fused-ring (bicyclic) bond motifs is 2. The highest BCUT2D eigenvalue weighted by atomic mass is 16.6. The quantitative estimate of drug-likeness (QED) is 0.352. The van der Waals surface area contributed by atoms with Crippen molar-refractivity contribution in [2.24, 2.45) is 17.3 Å². The van der Waals surface area contributed by atoms with Crippen LogP contribution in [0.5, 0.6) is 0 Å². The van der Waals surface area contributed by atoms with E-state index in [0.717, 1.165) is 31.2 Å². The monoisotopic (exact) mass is 606 g/mol. The van der Waals surface area contributed by atoms with Gasteiger partial charge in [-0.2, -0.15) is 0 Å². The Morgan fingerprint density at radius 2 is 1.70 bits per heavy atom. The maximum Gasteiger partial charge on any atom is 0.313 e. The van der Waals surface area contributed by atoms with Gasteiger partial charge in [0.2, 0.25) is 11.8 Å². The van der Waals surface area contributed by atoms with Gasteiger partial charge in [0.15, 0.2) is 0 Å². The normalized spacial score (nSPS) is 32.4. The molecule has 8 nitrogen and oxygen atoms in total. The lowest BCUT2D eigenvalue weighted by molar-refractivity contribution is -0.164. The van der Waals surface area contributed by atoms with Crippen molar-refractivity contribution in [1.82, 2.24) is 9.80 Å². The minimum absolute atomic E-state index is 0.0563. The van der Waals surface area contributed by atoms with Gasteiger partial charge in [0.25, 0.3) is 0 Å². The van der Waals surface area contributed by atoms with E-state index in [9.17, 15) is 14.7 Å². The number of esters is 1. The second-order valence-electron chi connectivity index (χ2n) is 14.9. The number of allylic oxidation sites excluding steroid dienone is 1. The van der Waals surface area contributed by atoms with E-state index in [0.29, 0.717) is 19.4 Å². The van der Waals surface area contributed by atoms with Crippen molar-refractivity contribution in [2.45, 2.75) is 109 Å². The first-order valence-corrected chi connectivity index (χ1v) is 16.3. The molecule has 6 atom stereocenters. The van der Waals surface area contributed by atoms with Crippen LogP contribution in [0.4, 0.5) is 0 Å². The van der Waals surface area contributed by atoms with Crippen LogP contribution in [0.2, 0.25) is 0 Å². The van der Waals surface area contributed by atoms with Crippen LogP contribution in [0.3, 0.4) is 0 Å². The largest absolute Gasteiger partial charge is 0.465 e. The number of benzene rings is 1. The molecular formula is C36H50N2O6. The molecule has 4 aliphatic heterocycles. The molecule has 240 valence electrons. The zero-order chi connectivity index (χ0) is 31.9. The Bertz CT molecular complexity index is 1300. The first-order valence-electron chi connectivity index (χ1n) is 16.3. The molecule has 0 aliphatic carbocycles. The number of aliphatic hydroxyl groups excluding tert-OH is 1. The molecule has 1 aromatic rings. The molecule has 1 unspecified atom stereocenters. The Labute approximate surface area is 262 Å². The van der Waals surface area contributed by atoms with E-state index in [1.807, 2.05) is 60.4 Å². The number of carbonyl (C=O) groups is 3. The summed E-state index contributed by atoms with van der Waals surface area (Å²) in [6.45, 7) is 12.9. The minimum atomic E-state index is -1.40. The maximum absolute atomic E-state index is 15.0. The van der Waals surface area contributed by atoms with Crippen molar-refractivity contribution in [3.8, 4) is 0 Å². The highest BCUT2D eigenvalue weighted by molar-refractivity contribution is 5.99. The number of cyclic esters (lactones) is 1. The number of rotatable bonds is 7. The fraction of sp³-hybridized carbons (Fsp3) is 0.639. The standard InChI is InChI=1S/C36H50N2O6/c1-7-35-18-13-8-9-14-21-43-32(42)28(35)27-30(40)38(26(23-39)22-25-16-11-10-12-17-25)29-31(41)37(20-15-19-36(27,29)44-35)34(5,6)24-33(2,3)4/h10-13,15-19,26-29,39H,7-9,14,20-24H2,1-6H3/b18-13-/t26-,27+,28-,29?,35+,36+/m1/s1. The fourth-order valence-corrected chi connectivity index (χ4v) is 8.45. The lowest BCUT2D eigenvalue weighted by Gasteiger charge is -2.46. The van der Waals surface area contributed by atoms with Gasteiger partial charge in [0.1, 0.15) is 23.2 Å². The first kappa shape index (κ1) is 32.4. The molecule has 8 heteroatoms. The van der Waals surface area contributed by atoms with Crippen LogP contribution in [0.25, 0.3) is 0 Å². The number of carbonyl (C=O) groups excluding carboxylic acids is 3. The topological polar surface area (TPSA) is 96.4 Å². The van der Waals surface area contributed by atoms with Gasteiger partial charge < -0.3 is 24.4 Å². The van der Waals surface area contributed by atoms with Gasteiger partial charge in [-0.1, -0.05) is 82.3 Å². The summed E-state index contributed by atoms with van der Waals surface area (Å²) in [7, 11) is 0. The zero-order valence-corrected chi connectivity index (χ0v) is 27.3. The summed E-state index contributed by atoms with van der Waals surface area (Å²) in [6, 6.07) is 7.92. The molecule has 4 heterocycles. The molecule has 0 bridgehead atoms. The third-order valence-corrected chi connectivity index (χ3v) is 9.93. The Morgan fingerprint density at radius 1 is 0.977 bits per heavy atom. The zero-order valence-electron chi connectivity index (χ0n) is 27.3. The summed E-state index contributed by atoms with van der Waals surface area (Å²) < 4.78 is 12.9. The Kier molecular flexibility index (Phi) is 8.91. The average molecular weight is 607 g/mol. The number of likely N-dealkylation sites (tertiary alicyclic amines) is 1. The van der Waals surface area contributed by atoms with Gasteiger partial charge in [-0.15, -0.1) is 0 Å². The first-order chi connectivity index (χ1) is 20.8. The summed E-state index contributed by atoms with van der Waals surface area (Å²) >= 11 is 0. The summed E-state index contributed by atoms with van der Waals surface area (Å²) in [5.74, 6) is -2.93. The third-order valence-electron chi connectivity index (χ3n) is 9.93. The number of amides is 2. The molecule has 2 saturated heterocycles.